The van der Waals surface area contributed by atoms with Crippen LogP contribution in [0.2, 0.25) is 0 Å². The van der Waals surface area contributed by atoms with E-state index in [2.05, 4.69) is 61.8 Å². The second-order valence-electron chi connectivity index (χ2n) is 21.2. The molecule has 6 N–H and O–H groups in total. The molecule has 21 nitrogen and oxygen atoms in total. The van der Waals surface area contributed by atoms with Gasteiger partial charge in [0.25, 0.3) is 17.7 Å². The molecule has 1 fully saturated rings. The highest BCUT2D eigenvalue weighted by atomic mass is 16.7. The monoisotopic (exact) mass is 1100 g/mol. The molecule has 0 radical (unpaired) electrons. The smallest absolute Gasteiger partial charge is 0.450 e. The van der Waals surface area contributed by atoms with Crippen LogP contribution in [-0.4, -0.2) is 123 Å². The average molecular weight is 1100 g/mol. The number of hydrogen-bond acceptors (Lipinski definition) is 15. The minimum absolute atomic E-state index is 0.0129. The van der Waals surface area contributed by atoms with E-state index in [4.69, 9.17) is 13.7 Å². The zero-order valence-corrected chi connectivity index (χ0v) is 46.4. The molecule has 1 aliphatic rings. The summed E-state index contributed by atoms with van der Waals surface area (Å²) in [6, 6.07) is 24.3. The summed E-state index contributed by atoms with van der Waals surface area (Å²) >= 11 is 0. The average Bonchev–Trinajstić information content (AvgIpc) is 3.50. The molecule has 1 saturated heterocycles. The van der Waals surface area contributed by atoms with Crippen LogP contribution < -0.4 is 31.9 Å². The number of carbonyl (C=O) groups excluding carboxylic acids is 6. The van der Waals surface area contributed by atoms with Crippen molar-refractivity contribution in [2.24, 2.45) is 17.8 Å². The number of nitrogens with one attached hydrogen (secondary N) is 6. The third kappa shape index (κ3) is 19.0. The van der Waals surface area contributed by atoms with Gasteiger partial charge in [0.2, 0.25) is 17.7 Å². The molecule has 3 aromatic carbocycles. The van der Waals surface area contributed by atoms with Crippen LogP contribution in [0.4, 0.5) is 0 Å². The number of carbonyl (C=O) groups is 6. The second kappa shape index (κ2) is 30.4. The summed E-state index contributed by atoms with van der Waals surface area (Å²) in [6.07, 6.45) is 13.6. The summed E-state index contributed by atoms with van der Waals surface area (Å²) in [5.74, 6) is -6.54. The Morgan fingerprint density at radius 3 is 0.864 bits per heavy atom. The van der Waals surface area contributed by atoms with Crippen LogP contribution >= 0.6 is 0 Å². The first-order valence-corrected chi connectivity index (χ1v) is 27.3. The number of benzene rings is 3. The predicted octanol–water partition coefficient (Wildman–Crippen LogP) is 4.22. The van der Waals surface area contributed by atoms with E-state index in [9.17, 15) is 28.8 Å². The van der Waals surface area contributed by atoms with Crippen molar-refractivity contribution in [3.63, 3.8) is 0 Å². The lowest BCUT2D eigenvalue weighted by Crippen LogP contribution is -2.69. The highest BCUT2D eigenvalue weighted by Gasteiger charge is 2.52. The van der Waals surface area contributed by atoms with E-state index >= 15 is 0 Å². The fourth-order valence-corrected chi connectivity index (χ4v) is 9.27. The van der Waals surface area contributed by atoms with Gasteiger partial charge in [-0.15, -0.1) is 0 Å². The summed E-state index contributed by atoms with van der Waals surface area (Å²) in [5, 5.41) is 18.0. The molecule has 0 aliphatic carbocycles. The SMILES string of the molecule is CC(C)C[C@H](NC(=O)[C@H](Cc1ccccc1)NC(=O)c1cnccn1)B1OB([C@H](CC(C)C)NC(=O)[C@H](Cc2ccccc2)NC(=O)c2cnccn2)OB([C@H](CC(C)C)NC(=O)[C@@H](Cc2ccccc2)NC(=O)c2cnccn2)O1. The Bertz CT molecular complexity index is 2630. The minimum Gasteiger partial charge on any atom is -0.450 e. The highest BCUT2D eigenvalue weighted by Crippen LogP contribution is 2.25. The van der Waals surface area contributed by atoms with Crippen molar-refractivity contribution in [3.05, 3.63) is 181 Å². The van der Waals surface area contributed by atoms with E-state index in [0.717, 1.165) is 16.7 Å². The van der Waals surface area contributed by atoms with Crippen LogP contribution in [0.25, 0.3) is 0 Å². The summed E-state index contributed by atoms with van der Waals surface area (Å²) < 4.78 is 20.6. The van der Waals surface area contributed by atoms with E-state index in [0.29, 0.717) is 0 Å². The fraction of sp³-hybridized carbons (Fsp3) is 0.368. The predicted molar refractivity (Wildman–Crippen MR) is 305 cm³/mol. The third-order valence-corrected chi connectivity index (χ3v) is 13.1. The van der Waals surface area contributed by atoms with Gasteiger partial charge in [-0.3, -0.25) is 43.7 Å². The maximum Gasteiger partial charge on any atom is 0.453 e. The first-order valence-electron chi connectivity index (χ1n) is 27.3. The molecule has 7 rings (SSSR count). The van der Waals surface area contributed by atoms with Crippen molar-refractivity contribution in [2.45, 2.75) is 116 Å². The lowest BCUT2D eigenvalue weighted by molar-refractivity contribution is -0.124. The molecule has 0 unspecified atom stereocenters. The number of amides is 6. The van der Waals surface area contributed by atoms with Crippen molar-refractivity contribution in [1.82, 2.24) is 61.8 Å². The normalized spacial score (nSPS) is 14.7. The van der Waals surface area contributed by atoms with Crippen LogP contribution in [0, 0.1) is 17.8 Å². The molecular weight excluding hydrogens is 1030 g/mol. The second-order valence-corrected chi connectivity index (χ2v) is 21.2. The first-order chi connectivity index (χ1) is 39.1. The van der Waals surface area contributed by atoms with Gasteiger partial charge in [-0.1, -0.05) is 133 Å². The Kier molecular flexibility index (Phi) is 22.7. The van der Waals surface area contributed by atoms with Gasteiger partial charge in [0.1, 0.15) is 35.2 Å². The van der Waals surface area contributed by atoms with E-state index in [1.807, 2.05) is 133 Å². The van der Waals surface area contributed by atoms with E-state index in [1.54, 1.807) is 0 Å². The maximum absolute atomic E-state index is 14.9. The Labute approximate surface area is 473 Å². The number of nitrogens with zero attached hydrogens (tertiary/aromatic N) is 6. The van der Waals surface area contributed by atoms with Crippen LogP contribution in [0.1, 0.15) is 109 Å². The summed E-state index contributed by atoms with van der Waals surface area (Å²) in [7, 11) is -3.92. The Balaban J connectivity index is 1.25. The van der Waals surface area contributed by atoms with Crippen molar-refractivity contribution >= 4 is 56.8 Å². The molecule has 420 valence electrons. The standard InChI is InChI=1S/C57H69B3N12O9/c1-37(2)28-49(70-52(73)43(31-40-16-10-7-11-17-40)67-55(76)46-34-61-22-25-64-46)58-79-59(50(29-38(3)4)71-53(74)44(32-41-18-12-8-13-19-41)68-56(77)47-35-62-23-26-65-47)81-60(80-58)51(30-39(5)6)72-54(75)45(33-42-20-14-9-15-21-42)69-57(78)48-36-63-24-27-66-48/h7-27,34-39,43-45,49-51H,28-33H2,1-6H3,(H,67,76)(H,68,77)(H,69,78)(H,70,73)(H,71,74)(H,72,75)/t43-,44-,45+,49-,50-,51-/m0/s1. The van der Waals surface area contributed by atoms with Crippen LogP contribution in [0.5, 0.6) is 0 Å². The van der Waals surface area contributed by atoms with Crippen molar-refractivity contribution in [3.8, 4) is 0 Å². The molecular formula is C57H69B3N12O9. The van der Waals surface area contributed by atoms with Gasteiger partial charge in [0.15, 0.2) is 0 Å². The fourth-order valence-electron chi connectivity index (χ4n) is 9.27. The van der Waals surface area contributed by atoms with Crippen LogP contribution in [0.3, 0.4) is 0 Å². The van der Waals surface area contributed by atoms with Gasteiger partial charge in [-0.05, 0) is 53.7 Å². The summed E-state index contributed by atoms with van der Waals surface area (Å²) in [4.78, 5) is 110. The molecule has 24 heteroatoms. The maximum atomic E-state index is 14.9. The van der Waals surface area contributed by atoms with Gasteiger partial charge < -0.3 is 45.6 Å². The lowest BCUT2D eigenvalue weighted by atomic mass is 9.58. The highest BCUT2D eigenvalue weighted by molar-refractivity contribution is 6.75. The Morgan fingerprint density at radius 1 is 0.383 bits per heavy atom. The van der Waals surface area contributed by atoms with E-state index < -0.39 is 92.7 Å². The Morgan fingerprint density at radius 2 is 0.642 bits per heavy atom. The molecule has 4 heterocycles. The molecule has 6 amide bonds. The van der Waals surface area contributed by atoms with E-state index in [-0.39, 0.29) is 73.4 Å². The van der Waals surface area contributed by atoms with Crippen molar-refractivity contribution in [1.29, 1.82) is 0 Å². The molecule has 6 atom stereocenters. The van der Waals surface area contributed by atoms with Crippen LogP contribution in [0.15, 0.2) is 147 Å². The first kappa shape index (κ1) is 60.4. The summed E-state index contributed by atoms with van der Waals surface area (Å²) in [6.45, 7) is 11.8. The molecule has 0 spiro atoms. The van der Waals surface area contributed by atoms with Gasteiger partial charge >= 0.3 is 21.4 Å². The van der Waals surface area contributed by atoms with Crippen molar-refractivity contribution in [2.75, 3.05) is 0 Å². The zero-order chi connectivity index (χ0) is 57.7. The van der Waals surface area contributed by atoms with Gasteiger partial charge in [-0.25, -0.2) is 15.0 Å². The van der Waals surface area contributed by atoms with Gasteiger partial charge in [0.05, 0.1) is 36.4 Å². The number of hydrogen-bond donors (Lipinski definition) is 6. The zero-order valence-electron chi connectivity index (χ0n) is 46.4. The van der Waals surface area contributed by atoms with Gasteiger partial charge in [-0.2, -0.15) is 0 Å². The quantitative estimate of drug-likeness (QED) is 0.0394. The van der Waals surface area contributed by atoms with Crippen LogP contribution in [-0.2, 0) is 47.4 Å². The van der Waals surface area contributed by atoms with E-state index in [1.165, 1.54) is 55.8 Å². The molecule has 1 aliphatic heterocycles. The largest absolute Gasteiger partial charge is 0.453 e. The van der Waals surface area contributed by atoms with Crippen molar-refractivity contribution < 1.29 is 42.5 Å². The number of aromatic nitrogens is 6. The molecule has 6 aromatic rings. The van der Waals surface area contributed by atoms with Gasteiger partial charge in [0, 0.05) is 56.4 Å². The molecule has 3 aromatic heterocycles. The molecule has 0 saturated carbocycles. The third-order valence-electron chi connectivity index (χ3n) is 13.1. The molecule has 81 heavy (non-hydrogen) atoms. The minimum atomic E-state index is -1.31. The Hall–Kier alpha value is -8.21. The number of rotatable bonds is 27. The molecule has 0 bridgehead atoms. The lowest BCUT2D eigenvalue weighted by Gasteiger charge is -2.41. The summed E-state index contributed by atoms with van der Waals surface area (Å²) in [5.41, 5.74) is 2.35. The topological polar surface area (TPSA) is 280 Å².